The average Bonchev–Trinajstić information content (AvgIpc) is 3.20. The molecule has 20 heavy (non-hydrogen) atoms. The number of hydrogen-bond donors (Lipinski definition) is 2. The molecule has 2 rings (SSSR count). The first-order valence-electron chi connectivity index (χ1n) is 6.82. The summed E-state index contributed by atoms with van der Waals surface area (Å²) < 4.78 is 27.1. The highest BCUT2D eigenvalue weighted by Crippen LogP contribution is 2.33. The van der Waals surface area contributed by atoms with Crippen LogP contribution in [0.4, 0.5) is 0 Å². The summed E-state index contributed by atoms with van der Waals surface area (Å²) in [4.78, 5) is 0.276. The van der Waals surface area contributed by atoms with Gasteiger partial charge in [-0.05, 0) is 43.5 Å². The maximum Gasteiger partial charge on any atom is 0.240 e. The number of sulfonamides is 1. The highest BCUT2D eigenvalue weighted by molar-refractivity contribution is 7.89. The number of nitrogens with two attached hydrogens (primary N) is 1. The summed E-state index contributed by atoms with van der Waals surface area (Å²) in [6.07, 6.45) is 3.36. The van der Waals surface area contributed by atoms with Crippen molar-refractivity contribution in [3.8, 4) is 11.8 Å². The average molecular weight is 292 g/mol. The molecule has 0 aliphatic heterocycles. The Kier molecular flexibility index (Phi) is 4.81. The summed E-state index contributed by atoms with van der Waals surface area (Å²) >= 11 is 0. The second-order valence-electron chi connectivity index (χ2n) is 5.23. The minimum absolute atomic E-state index is 0.0239. The van der Waals surface area contributed by atoms with E-state index in [1.54, 1.807) is 24.3 Å². The predicted molar refractivity (Wildman–Crippen MR) is 79.5 cm³/mol. The van der Waals surface area contributed by atoms with Crippen molar-refractivity contribution in [1.29, 1.82) is 0 Å². The zero-order valence-electron chi connectivity index (χ0n) is 11.6. The van der Waals surface area contributed by atoms with E-state index in [4.69, 9.17) is 5.73 Å². The molecule has 1 aliphatic rings. The third-order valence-corrected chi connectivity index (χ3v) is 4.84. The van der Waals surface area contributed by atoms with Gasteiger partial charge in [-0.3, -0.25) is 0 Å². The summed E-state index contributed by atoms with van der Waals surface area (Å²) in [5, 5.41) is 0. The fourth-order valence-corrected chi connectivity index (χ4v) is 3.36. The van der Waals surface area contributed by atoms with Crippen molar-refractivity contribution in [1.82, 2.24) is 4.72 Å². The van der Waals surface area contributed by atoms with Gasteiger partial charge < -0.3 is 5.73 Å². The first-order valence-corrected chi connectivity index (χ1v) is 8.31. The minimum Gasteiger partial charge on any atom is -0.320 e. The van der Waals surface area contributed by atoms with Gasteiger partial charge in [0.1, 0.15) is 0 Å². The lowest BCUT2D eigenvalue weighted by Gasteiger charge is -2.13. The Morgan fingerprint density at radius 3 is 2.55 bits per heavy atom. The van der Waals surface area contributed by atoms with E-state index >= 15 is 0 Å². The van der Waals surface area contributed by atoms with Crippen LogP contribution < -0.4 is 10.5 Å². The number of nitrogens with one attached hydrogen (secondary N) is 1. The molecule has 0 spiro atoms. The molecule has 4 nitrogen and oxygen atoms in total. The Bertz CT molecular complexity index is 608. The van der Waals surface area contributed by atoms with Gasteiger partial charge in [-0.1, -0.05) is 24.7 Å². The van der Waals surface area contributed by atoms with Gasteiger partial charge in [0.05, 0.1) is 11.4 Å². The summed E-state index contributed by atoms with van der Waals surface area (Å²) in [7, 11) is -3.44. The Hall–Kier alpha value is -1.35. The van der Waals surface area contributed by atoms with Gasteiger partial charge in [0, 0.05) is 11.6 Å². The van der Waals surface area contributed by atoms with Crippen LogP contribution >= 0.6 is 0 Å². The van der Waals surface area contributed by atoms with Gasteiger partial charge in [0.2, 0.25) is 10.0 Å². The largest absolute Gasteiger partial charge is 0.320 e. The van der Waals surface area contributed by atoms with Gasteiger partial charge >= 0.3 is 0 Å². The molecule has 3 N–H and O–H groups in total. The van der Waals surface area contributed by atoms with Crippen molar-refractivity contribution in [2.75, 3.05) is 6.54 Å². The van der Waals surface area contributed by atoms with Crippen LogP contribution in [-0.4, -0.2) is 21.0 Å². The Balaban J connectivity index is 2.04. The lowest BCUT2D eigenvalue weighted by Crippen LogP contribution is -2.32. The molecule has 1 atom stereocenters. The van der Waals surface area contributed by atoms with Gasteiger partial charge in [0.15, 0.2) is 0 Å². The van der Waals surface area contributed by atoms with Crippen LogP contribution in [0.3, 0.4) is 0 Å². The summed E-state index contributed by atoms with van der Waals surface area (Å²) in [6, 6.07) is 6.52. The highest BCUT2D eigenvalue weighted by atomic mass is 32.2. The van der Waals surface area contributed by atoms with Gasteiger partial charge in [-0.15, -0.1) is 0 Å². The van der Waals surface area contributed by atoms with E-state index in [-0.39, 0.29) is 10.9 Å². The molecule has 0 bridgehead atoms. The lowest BCUT2D eigenvalue weighted by atomic mass is 10.2. The first-order chi connectivity index (χ1) is 9.51. The van der Waals surface area contributed by atoms with Crippen molar-refractivity contribution in [3.63, 3.8) is 0 Å². The molecule has 1 fully saturated rings. The lowest BCUT2D eigenvalue weighted by molar-refractivity contribution is 0.530. The standard InChI is InChI=1S/C15H20N2O2S/c1-12(11-14-4-5-14)17-20(18,19)15-8-6-13(7-9-15)3-2-10-16/h6-9,12,14,17H,4-5,10-11,16H2,1H3. The molecule has 1 saturated carbocycles. The van der Waals surface area contributed by atoms with Crippen LogP contribution in [0.25, 0.3) is 0 Å². The van der Waals surface area contributed by atoms with Crippen LogP contribution in [0.2, 0.25) is 0 Å². The van der Waals surface area contributed by atoms with Gasteiger partial charge in [0.25, 0.3) is 0 Å². The van der Waals surface area contributed by atoms with Crippen molar-refractivity contribution in [2.24, 2.45) is 11.7 Å². The SMILES string of the molecule is CC(CC1CC1)NS(=O)(=O)c1ccc(C#CCN)cc1. The second-order valence-corrected chi connectivity index (χ2v) is 6.95. The van der Waals surface area contributed by atoms with E-state index in [2.05, 4.69) is 16.6 Å². The first kappa shape index (κ1) is 15.0. The molecular formula is C15H20N2O2S. The number of benzene rings is 1. The summed E-state index contributed by atoms with van der Waals surface area (Å²) in [6.45, 7) is 2.21. The van der Waals surface area contributed by atoms with Crippen LogP contribution in [0.15, 0.2) is 29.2 Å². The van der Waals surface area contributed by atoms with Crippen molar-refractivity contribution in [3.05, 3.63) is 29.8 Å². The minimum atomic E-state index is -3.44. The predicted octanol–water partition coefficient (Wildman–Crippen LogP) is 1.46. The number of hydrogen-bond acceptors (Lipinski definition) is 3. The smallest absolute Gasteiger partial charge is 0.240 e. The van der Waals surface area contributed by atoms with E-state index in [1.165, 1.54) is 12.8 Å². The summed E-state index contributed by atoms with van der Waals surface area (Å²) in [5.74, 6) is 6.30. The maximum atomic E-state index is 12.2. The zero-order valence-corrected chi connectivity index (χ0v) is 12.4. The molecule has 108 valence electrons. The van der Waals surface area contributed by atoms with Crippen LogP contribution in [0.1, 0.15) is 31.7 Å². The zero-order chi connectivity index (χ0) is 14.6. The van der Waals surface area contributed by atoms with E-state index in [9.17, 15) is 8.42 Å². The van der Waals surface area contributed by atoms with Gasteiger partial charge in [-0.25, -0.2) is 13.1 Å². The Morgan fingerprint density at radius 2 is 2.00 bits per heavy atom. The van der Waals surface area contributed by atoms with E-state index in [0.717, 1.165) is 12.0 Å². The van der Waals surface area contributed by atoms with Crippen molar-refractivity contribution in [2.45, 2.75) is 37.1 Å². The van der Waals surface area contributed by atoms with Crippen molar-refractivity contribution < 1.29 is 8.42 Å². The molecular weight excluding hydrogens is 272 g/mol. The molecule has 0 radical (unpaired) electrons. The molecule has 1 aliphatic carbocycles. The molecule has 5 heteroatoms. The normalized spacial score (nSPS) is 16.3. The maximum absolute atomic E-state index is 12.2. The molecule has 0 aromatic heterocycles. The monoisotopic (exact) mass is 292 g/mol. The number of rotatable bonds is 5. The van der Waals surface area contributed by atoms with E-state index in [1.807, 2.05) is 6.92 Å². The molecule has 0 amide bonds. The third kappa shape index (κ3) is 4.34. The van der Waals surface area contributed by atoms with E-state index in [0.29, 0.717) is 12.5 Å². The third-order valence-electron chi connectivity index (χ3n) is 3.24. The molecule has 1 aromatic carbocycles. The van der Waals surface area contributed by atoms with Crippen LogP contribution in [0, 0.1) is 17.8 Å². The highest BCUT2D eigenvalue weighted by Gasteiger charge is 2.26. The topological polar surface area (TPSA) is 72.2 Å². The quantitative estimate of drug-likeness (QED) is 0.807. The summed E-state index contributed by atoms with van der Waals surface area (Å²) in [5.41, 5.74) is 6.06. The van der Waals surface area contributed by atoms with Crippen molar-refractivity contribution >= 4 is 10.0 Å². The van der Waals surface area contributed by atoms with Crippen LogP contribution in [0.5, 0.6) is 0 Å². The van der Waals surface area contributed by atoms with Crippen LogP contribution in [-0.2, 0) is 10.0 Å². The molecule has 1 unspecified atom stereocenters. The van der Waals surface area contributed by atoms with E-state index < -0.39 is 10.0 Å². The second kappa shape index (κ2) is 6.40. The molecule has 0 heterocycles. The van der Waals surface area contributed by atoms with Gasteiger partial charge in [-0.2, -0.15) is 0 Å². The fourth-order valence-electron chi connectivity index (χ4n) is 2.11. The Labute approximate surface area is 120 Å². The molecule has 0 saturated heterocycles. The Morgan fingerprint density at radius 1 is 1.35 bits per heavy atom. The molecule has 1 aromatic rings. The fraction of sp³-hybridized carbons (Fsp3) is 0.467.